The van der Waals surface area contributed by atoms with Crippen molar-refractivity contribution in [2.45, 2.75) is 26.1 Å². The minimum atomic E-state index is -4.58. The third-order valence-electron chi connectivity index (χ3n) is 3.09. The molecule has 0 unspecified atom stereocenters. The van der Waals surface area contributed by atoms with Crippen LogP contribution in [0.2, 0.25) is 0 Å². The van der Waals surface area contributed by atoms with E-state index in [0.29, 0.717) is 18.2 Å². The lowest BCUT2D eigenvalue weighted by Crippen LogP contribution is -2.12. The molecule has 0 saturated carbocycles. The summed E-state index contributed by atoms with van der Waals surface area (Å²) in [6.45, 7) is 1.86. The van der Waals surface area contributed by atoms with E-state index in [-0.39, 0.29) is 12.1 Å². The van der Waals surface area contributed by atoms with Crippen molar-refractivity contribution in [2.75, 3.05) is 5.32 Å². The Labute approximate surface area is 119 Å². The highest BCUT2D eigenvalue weighted by molar-refractivity contribution is 5.47. The van der Waals surface area contributed by atoms with E-state index in [9.17, 15) is 17.6 Å². The quantitative estimate of drug-likeness (QED) is 0.872. The van der Waals surface area contributed by atoms with E-state index < -0.39 is 17.6 Å². The molecule has 1 aromatic heterocycles. The van der Waals surface area contributed by atoms with E-state index >= 15 is 0 Å². The van der Waals surface area contributed by atoms with Crippen molar-refractivity contribution in [3.8, 4) is 0 Å². The number of nitrogens with zero attached hydrogens (tertiary/aromatic N) is 2. The van der Waals surface area contributed by atoms with Gasteiger partial charge in [0.2, 0.25) is 0 Å². The monoisotopic (exact) mass is 301 g/mol. The normalized spacial score (nSPS) is 11.7. The molecule has 3 nitrogen and oxygen atoms in total. The standard InChI is InChI=1S/C14H15F4N3/c1-3-12-13(8-21(2)20-12)19-7-9-4-5-10(15)6-11(9)14(16,17)18/h4-6,8,19H,3,7H2,1-2H3. The third-order valence-corrected chi connectivity index (χ3v) is 3.09. The Bertz CT molecular complexity index is 632. The average molecular weight is 301 g/mol. The summed E-state index contributed by atoms with van der Waals surface area (Å²) in [4.78, 5) is 0. The van der Waals surface area contributed by atoms with Gasteiger partial charge in [-0.2, -0.15) is 18.3 Å². The molecule has 0 aliphatic heterocycles. The van der Waals surface area contributed by atoms with Gasteiger partial charge in [-0.25, -0.2) is 4.39 Å². The number of rotatable bonds is 4. The summed E-state index contributed by atoms with van der Waals surface area (Å²) >= 11 is 0. The average Bonchev–Trinajstić information content (AvgIpc) is 2.76. The van der Waals surface area contributed by atoms with E-state index in [0.717, 1.165) is 17.8 Å². The third kappa shape index (κ3) is 3.53. The lowest BCUT2D eigenvalue weighted by molar-refractivity contribution is -0.138. The van der Waals surface area contributed by atoms with E-state index in [1.807, 2.05) is 6.92 Å². The Morgan fingerprint density at radius 3 is 2.62 bits per heavy atom. The van der Waals surface area contributed by atoms with Crippen LogP contribution in [0.25, 0.3) is 0 Å². The molecule has 0 bridgehead atoms. The fourth-order valence-electron chi connectivity index (χ4n) is 2.10. The number of hydrogen-bond donors (Lipinski definition) is 1. The van der Waals surface area contributed by atoms with Crippen molar-refractivity contribution in [3.63, 3.8) is 0 Å². The summed E-state index contributed by atoms with van der Waals surface area (Å²) in [7, 11) is 1.74. The number of hydrogen-bond acceptors (Lipinski definition) is 2. The van der Waals surface area contributed by atoms with Gasteiger partial charge >= 0.3 is 6.18 Å². The van der Waals surface area contributed by atoms with Crippen molar-refractivity contribution in [1.29, 1.82) is 0 Å². The highest BCUT2D eigenvalue weighted by Gasteiger charge is 2.33. The second-order valence-electron chi connectivity index (χ2n) is 4.67. The van der Waals surface area contributed by atoms with Crippen molar-refractivity contribution >= 4 is 5.69 Å². The molecule has 2 rings (SSSR count). The lowest BCUT2D eigenvalue weighted by Gasteiger charge is -2.14. The number of aryl methyl sites for hydroxylation is 2. The van der Waals surface area contributed by atoms with Crippen LogP contribution in [0.1, 0.15) is 23.7 Å². The summed E-state index contributed by atoms with van der Waals surface area (Å²) < 4.78 is 53.3. The van der Waals surface area contributed by atoms with Crippen LogP contribution in [0.15, 0.2) is 24.4 Å². The van der Waals surface area contributed by atoms with Gasteiger partial charge in [0.1, 0.15) is 5.82 Å². The number of aromatic nitrogens is 2. The zero-order valence-corrected chi connectivity index (χ0v) is 11.6. The van der Waals surface area contributed by atoms with Crippen LogP contribution in [0, 0.1) is 5.82 Å². The smallest absolute Gasteiger partial charge is 0.378 e. The van der Waals surface area contributed by atoms with Crippen LogP contribution in [-0.2, 0) is 26.2 Å². The van der Waals surface area contributed by atoms with Crippen molar-refractivity contribution in [1.82, 2.24) is 9.78 Å². The maximum atomic E-state index is 13.0. The molecule has 1 heterocycles. The zero-order valence-electron chi connectivity index (χ0n) is 11.6. The highest BCUT2D eigenvalue weighted by atomic mass is 19.4. The van der Waals surface area contributed by atoms with Crippen LogP contribution in [-0.4, -0.2) is 9.78 Å². The van der Waals surface area contributed by atoms with Gasteiger partial charge < -0.3 is 5.32 Å². The number of alkyl halides is 3. The SMILES string of the molecule is CCc1nn(C)cc1NCc1ccc(F)cc1C(F)(F)F. The maximum Gasteiger partial charge on any atom is 0.416 e. The van der Waals surface area contributed by atoms with E-state index in [1.165, 1.54) is 0 Å². The first-order chi connectivity index (χ1) is 9.81. The summed E-state index contributed by atoms with van der Waals surface area (Å²) in [5.74, 6) is -0.901. The van der Waals surface area contributed by atoms with Gasteiger partial charge in [-0.15, -0.1) is 0 Å². The zero-order chi connectivity index (χ0) is 15.6. The Morgan fingerprint density at radius 1 is 1.29 bits per heavy atom. The minimum Gasteiger partial charge on any atom is -0.378 e. The molecule has 0 aliphatic rings. The van der Waals surface area contributed by atoms with Crippen molar-refractivity contribution in [2.24, 2.45) is 7.05 Å². The van der Waals surface area contributed by atoms with E-state index in [4.69, 9.17) is 0 Å². The van der Waals surface area contributed by atoms with Crippen LogP contribution >= 0.6 is 0 Å². The summed E-state index contributed by atoms with van der Waals surface area (Å²) in [5.41, 5.74) is 0.484. The molecule has 21 heavy (non-hydrogen) atoms. The number of benzene rings is 1. The van der Waals surface area contributed by atoms with Gasteiger partial charge in [0.15, 0.2) is 0 Å². The molecule has 0 aliphatic carbocycles. The molecule has 2 aromatic rings. The lowest BCUT2D eigenvalue weighted by atomic mass is 10.1. The predicted molar refractivity (Wildman–Crippen MR) is 71.3 cm³/mol. The predicted octanol–water partition coefficient (Wildman–Crippen LogP) is 3.75. The molecule has 0 saturated heterocycles. The van der Waals surface area contributed by atoms with E-state index in [2.05, 4.69) is 10.4 Å². The van der Waals surface area contributed by atoms with Crippen LogP contribution < -0.4 is 5.32 Å². The molecular formula is C14H15F4N3. The number of anilines is 1. The Balaban J connectivity index is 2.24. The van der Waals surface area contributed by atoms with Crippen LogP contribution in [0.4, 0.5) is 23.2 Å². The van der Waals surface area contributed by atoms with Crippen LogP contribution in [0.3, 0.4) is 0 Å². The second kappa shape index (κ2) is 5.75. The van der Waals surface area contributed by atoms with Gasteiger partial charge in [-0.05, 0) is 24.1 Å². The van der Waals surface area contributed by atoms with Gasteiger partial charge in [0, 0.05) is 19.8 Å². The topological polar surface area (TPSA) is 29.9 Å². The Morgan fingerprint density at radius 2 is 2.00 bits per heavy atom. The van der Waals surface area contributed by atoms with Gasteiger partial charge in [0.25, 0.3) is 0 Å². The van der Waals surface area contributed by atoms with Gasteiger partial charge in [-0.3, -0.25) is 4.68 Å². The van der Waals surface area contributed by atoms with E-state index in [1.54, 1.807) is 17.9 Å². The largest absolute Gasteiger partial charge is 0.416 e. The summed E-state index contributed by atoms with van der Waals surface area (Å²) in [6, 6.07) is 2.68. The fraction of sp³-hybridized carbons (Fsp3) is 0.357. The first-order valence-corrected chi connectivity index (χ1v) is 6.43. The molecule has 7 heteroatoms. The molecule has 0 spiro atoms. The van der Waals surface area contributed by atoms with Crippen LogP contribution in [0.5, 0.6) is 0 Å². The highest BCUT2D eigenvalue weighted by Crippen LogP contribution is 2.33. The number of halogens is 4. The molecular weight excluding hydrogens is 286 g/mol. The molecule has 0 amide bonds. The van der Waals surface area contributed by atoms with Crippen molar-refractivity contribution in [3.05, 3.63) is 47.0 Å². The Kier molecular flexibility index (Phi) is 4.20. The minimum absolute atomic E-state index is 0.00481. The molecule has 1 aromatic carbocycles. The second-order valence-corrected chi connectivity index (χ2v) is 4.67. The van der Waals surface area contributed by atoms with Crippen molar-refractivity contribution < 1.29 is 17.6 Å². The van der Waals surface area contributed by atoms with Gasteiger partial charge in [-0.1, -0.05) is 13.0 Å². The Hall–Kier alpha value is -2.05. The summed E-state index contributed by atoms with van der Waals surface area (Å²) in [5, 5.41) is 7.13. The van der Waals surface area contributed by atoms with Gasteiger partial charge in [0.05, 0.1) is 16.9 Å². The molecule has 1 N–H and O–H groups in total. The first-order valence-electron chi connectivity index (χ1n) is 6.43. The fourth-order valence-corrected chi connectivity index (χ4v) is 2.10. The molecule has 0 atom stereocenters. The summed E-state index contributed by atoms with van der Waals surface area (Å²) in [6.07, 6.45) is -2.21. The first kappa shape index (κ1) is 15.3. The molecule has 0 radical (unpaired) electrons. The maximum absolute atomic E-state index is 13.0. The molecule has 0 fully saturated rings. The number of nitrogens with one attached hydrogen (secondary N) is 1. The molecule has 114 valence electrons.